The Morgan fingerprint density at radius 2 is 2.00 bits per heavy atom. The van der Waals surface area contributed by atoms with Crippen molar-refractivity contribution in [2.24, 2.45) is 0 Å². The smallest absolute Gasteiger partial charge is 0.424 e. The van der Waals surface area contributed by atoms with Crippen molar-refractivity contribution in [2.45, 2.75) is 38.1 Å². The van der Waals surface area contributed by atoms with Crippen LogP contribution in [0, 0.1) is 0 Å². The monoisotopic (exact) mass is 306 g/mol. The van der Waals surface area contributed by atoms with Gasteiger partial charge < -0.3 is 14.2 Å². The van der Waals surface area contributed by atoms with E-state index < -0.39 is 0 Å². The number of hydrogen-bond donors (Lipinski definition) is 1. The quantitative estimate of drug-likeness (QED) is 0.867. The second-order valence-electron chi connectivity index (χ2n) is 5.54. The summed E-state index contributed by atoms with van der Waals surface area (Å²) in [4.78, 5) is 12.0. The molecular formula is C16H22N2O4. The van der Waals surface area contributed by atoms with Crippen LogP contribution in [0.2, 0.25) is 0 Å². The Balaban J connectivity index is 1.65. The van der Waals surface area contributed by atoms with Crippen LogP contribution in [0.3, 0.4) is 0 Å². The number of rotatable bonds is 6. The third kappa shape index (κ3) is 3.40. The molecule has 2 aliphatic rings. The maximum atomic E-state index is 12.0. The van der Waals surface area contributed by atoms with E-state index in [1.54, 1.807) is 5.01 Å². The molecule has 0 unspecified atom stereocenters. The van der Waals surface area contributed by atoms with Crippen LogP contribution in [0.1, 0.15) is 18.9 Å². The SMILES string of the molecule is CC[C@@H](NN1C(=O)OC[C@@H]1Cc1ccccc1)C1OCCO1. The molecule has 6 heteroatoms. The molecule has 1 aromatic rings. The lowest BCUT2D eigenvalue weighted by molar-refractivity contribution is -0.0815. The Hall–Kier alpha value is -1.63. The van der Waals surface area contributed by atoms with Crippen LogP contribution in [-0.4, -0.2) is 49.3 Å². The van der Waals surface area contributed by atoms with Gasteiger partial charge in [-0.05, 0) is 18.4 Å². The highest BCUT2D eigenvalue weighted by atomic mass is 16.7. The topological polar surface area (TPSA) is 60.0 Å². The second kappa shape index (κ2) is 7.09. The zero-order valence-corrected chi connectivity index (χ0v) is 12.7. The number of cyclic esters (lactones) is 1. The predicted octanol–water partition coefficient (Wildman–Crippen LogP) is 1.71. The van der Waals surface area contributed by atoms with Crippen molar-refractivity contribution in [3.63, 3.8) is 0 Å². The van der Waals surface area contributed by atoms with E-state index in [9.17, 15) is 4.79 Å². The van der Waals surface area contributed by atoms with E-state index >= 15 is 0 Å². The van der Waals surface area contributed by atoms with E-state index in [2.05, 4.69) is 17.6 Å². The minimum absolute atomic E-state index is 0.0228. The summed E-state index contributed by atoms with van der Waals surface area (Å²) >= 11 is 0. The number of ether oxygens (including phenoxy) is 3. The number of carbonyl (C=O) groups excluding carboxylic acids is 1. The summed E-state index contributed by atoms with van der Waals surface area (Å²) in [6, 6.07) is 10.0. The summed E-state index contributed by atoms with van der Waals surface area (Å²) < 4.78 is 16.3. The molecule has 2 fully saturated rings. The van der Waals surface area contributed by atoms with Crippen molar-refractivity contribution in [3.05, 3.63) is 35.9 Å². The van der Waals surface area contributed by atoms with E-state index in [-0.39, 0.29) is 24.5 Å². The van der Waals surface area contributed by atoms with Crippen molar-refractivity contribution in [3.8, 4) is 0 Å². The molecular weight excluding hydrogens is 284 g/mol. The van der Waals surface area contributed by atoms with Gasteiger partial charge in [-0.1, -0.05) is 37.3 Å². The van der Waals surface area contributed by atoms with Gasteiger partial charge in [0, 0.05) is 0 Å². The molecule has 2 heterocycles. The lowest BCUT2D eigenvalue weighted by atomic mass is 10.1. The largest absolute Gasteiger partial charge is 0.446 e. The van der Waals surface area contributed by atoms with Gasteiger partial charge in [-0.25, -0.2) is 15.2 Å². The van der Waals surface area contributed by atoms with Crippen molar-refractivity contribution in [1.82, 2.24) is 10.4 Å². The molecule has 22 heavy (non-hydrogen) atoms. The van der Waals surface area contributed by atoms with E-state index in [0.717, 1.165) is 12.8 Å². The van der Waals surface area contributed by atoms with Gasteiger partial charge >= 0.3 is 6.09 Å². The van der Waals surface area contributed by atoms with Crippen LogP contribution >= 0.6 is 0 Å². The molecule has 1 aromatic carbocycles. The fraction of sp³-hybridized carbons (Fsp3) is 0.562. The van der Waals surface area contributed by atoms with Crippen molar-refractivity contribution < 1.29 is 19.0 Å². The van der Waals surface area contributed by atoms with Gasteiger partial charge in [0.15, 0.2) is 6.29 Å². The number of benzene rings is 1. The number of nitrogens with one attached hydrogen (secondary N) is 1. The van der Waals surface area contributed by atoms with Gasteiger partial charge in [0.05, 0.1) is 25.3 Å². The van der Waals surface area contributed by atoms with Gasteiger partial charge in [-0.3, -0.25) is 0 Å². The molecule has 2 atom stereocenters. The fourth-order valence-electron chi connectivity index (χ4n) is 2.79. The van der Waals surface area contributed by atoms with Gasteiger partial charge in [0.1, 0.15) is 6.61 Å². The van der Waals surface area contributed by atoms with Crippen LogP contribution in [0.15, 0.2) is 30.3 Å². The molecule has 0 radical (unpaired) electrons. The predicted molar refractivity (Wildman–Crippen MR) is 80.0 cm³/mol. The molecule has 0 aliphatic carbocycles. The van der Waals surface area contributed by atoms with Crippen LogP contribution in [0.4, 0.5) is 4.79 Å². The average Bonchev–Trinajstić information content (AvgIpc) is 3.18. The lowest BCUT2D eigenvalue weighted by Crippen LogP contribution is -2.54. The summed E-state index contributed by atoms with van der Waals surface area (Å²) in [5.41, 5.74) is 4.42. The molecule has 120 valence electrons. The van der Waals surface area contributed by atoms with Crippen LogP contribution in [-0.2, 0) is 20.6 Å². The van der Waals surface area contributed by atoms with E-state index in [4.69, 9.17) is 14.2 Å². The second-order valence-corrected chi connectivity index (χ2v) is 5.54. The molecule has 2 saturated heterocycles. The Morgan fingerprint density at radius 3 is 2.68 bits per heavy atom. The Bertz CT molecular complexity index is 490. The van der Waals surface area contributed by atoms with Crippen LogP contribution < -0.4 is 5.43 Å². The molecule has 2 aliphatic heterocycles. The van der Waals surface area contributed by atoms with E-state index in [1.807, 2.05) is 25.1 Å². The first kappa shape index (κ1) is 15.3. The normalized spacial score (nSPS) is 23.8. The Morgan fingerprint density at radius 1 is 1.27 bits per heavy atom. The van der Waals surface area contributed by atoms with Crippen molar-refractivity contribution in [2.75, 3.05) is 19.8 Å². The molecule has 0 spiro atoms. The van der Waals surface area contributed by atoms with E-state index in [1.165, 1.54) is 5.56 Å². The van der Waals surface area contributed by atoms with Crippen molar-refractivity contribution in [1.29, 1.82) is 0 Å². The van der Waals surface area contributed by atoms with Gasteiger partial charge in [0.2, 0.25) is 0 Å². The summed E-state index contributed by atoms with van der Waals surface area (Å²) in [6.07, 6.45) is 0.905. The zero-order valence-electron chi connectivity index (χ0n) is 12.7. The standard InChI is InChI=1S/C16H22N2O4/c1-2-14(15-20-8-9-21-15)17-18-13(11-22-16(18)19)10-12-6-4-3-5-7-12/h3-7,13-15,17H,2,8-11H2,1H3/t13-,14+/m0/s1. The summed E-state index contributed by atoms with van der Waals surface area (Å²) in [7, 11) is 0. The van der Waals surface area contributed by atoms with Crippen molar-refractivity contribution >= 4 is 6.09 Å². The molecule has 0 bridgehead atoms. The molecule has 1 N–H and O–H groups in total. The lowest BCUT2D eigenvalue weighted by Gasteiger charge is -2.29. The zero-order chi connectivity index (χ0) is 15.4. The highest BCUT2D eigenvalue weighted by molar-refractivity contribution is 5.69. The summed E-state index contributed by atoms with van der Waals surface area (Å²) in [6.45, 7) is 3.63. The first-order valence-electron chi connectivity index (χ1n) is 7.77. The number of amides is 1. The summed E-state index contributed by atoms with van der Waals surface area (Å²) in [5.74, 6) is 0. The maximum Gasteiger partial charge on any atom is 0.424 e. The first-order chi connectivity index (χ1) is 10.8. The molecule has 3 rings (SSSR count). The van der Waals surface area contributed by atoms with Crippen LogP contribution in [0.5, 0.6) is 0 Å². The Kier molecular flexibility index (Phi) is 4.92. The minimum Gasteiger partial charge on any atom is -0.446 e. The average molecular weight is 306 g/mol. The highest BCUT2D eigenvalue weighted by Gasteiger charge is 2.37. The number of carbonyl (C=O) groups is 1. The third-order valence-corrected chi connectivity index (χ3v) is 4.00. The molecule has 0 aromatic heterocycles. The summed E-state index contributed by atoms with van der Waals surface area (Å²) in [5, 5.41) is 1.59. The Labute approximate surface area is 130 Å². The maximum absolute atomic E-state index is 12.0. The third-order valence-electron chi connectivity index (χ3n) is 4.00. The fourth-order valence-corrected chi connectivity index (χ4v) is 2.79. The molecule has 0 saturated carbocycles. The minimum atomic E-state index is -0.336. The first-order valence-corrected chi connectivity index (χ1v) is 7.77. The van der Waals surface area contributed by atoms with Gasteiger partial charge in [0.25, 0.3) is 0 Å². The number of hydrogen-bond acceptors (Lipinski definition) is 5. The molecule has 1 amide bonds. The van der Waals surface area contributed by atoms with Crippen LogP contribution in [0.25, 0.3) is 0 Å². The highest BCUT2D eigenvalue weighted by Crippen LogP contribution is 2.18. The number of hydrazine groups is 1. The number of nitrogens with zero attached hydrogens (tertiary/aromatic N) is 1. The molecule has 6 nitrogen and oxygen atoms in total. The van der Waals surface area contributed by atoms with Gasteiger partial charge in [-0.2, -0.15) is 0 Å². The van der Waals surface area contributed by atoms with Gasteiger partial charge in [-0.15, -0.1) is 0 Å². The van der Waals surface area contributed by atoms with E-state index in [0.29, 0.717) is 19.8 Å².